The van der Waals surface area contributed by atoms with Gasteiger partial charge < -0.3 is 4.90 Å². The zero-order chi connectivity index (χ0) is 13.8. The van der Waals surface area contributed by atoms with Gasteiger partial charge in [0.05, 0.1) is 0 Å². The summed E-state index contributed by atoms with van der Waals surface area (Å²) in [4.78, 5) is 14.0. The van der Waals surface area contributed by atoms with Crippen molar-refractivity contribution < 1.29 is 4.79 Å². The Morgan fingerprint density at radius 2 is 1.74 bits per heavy atom. The van der Waals surface area contributed by atoms with E-state index in [2.05, 4.69) is 30.9 Å². The Balaban J connectivity index is 2.37. The highest BCUT2D eigenvalue weighted by Gasteiger charge is 2.16. The number of benzene rings is 1. The number of hydrogen-bond acceptors (Lipinski definition) is 2. The average molecular weight is 259 g/mol. The largest absolute Gasteiger partial charge is 0.371 e. The van der Waals surface area contributed by atoms with Crippen LogP contribution in [0.25, 0.3) is 0 Å². The van der Waals surface area contributed by atoms with E-state index < -0.39 is 0 Å². The SMILES string of the molecule is CC(=O)Cc1c(C)cc(C)cc1N1CCCCCC1. The van der Waals surface area contributed by atoms with E-state index in [1.807, 2.05) is 0 Å². The van der Waals surface area contributed by atoms with Crippen LogP contribution in [0.4, 0.5) is 5.69 Å². The smallest absolute Gasteiger partial charge is 0.134 e. The molecule has 0 radical (unpaired) electrons. The van der Waals surface area contributed by atoms with Crippen molar-refractivity contribution >= 4 is 11.5 Å². The van der Waals surface area contributed by atoms with Crippen molar-refractivity contribution in [1.82, 2.24) is 0 Å². The molecule has 1 saturated heterocycles. The normalized spacial score (nSPS) is 16.3. The molecule has 19 heavy (non-hydrogen) atoms. The molecule has 1 aromatic rings. The van der Waals surface area contributed by atoms with Crippen LogP contribution in [0.15, 0.2) is 12.1 Å². The van der Waals surface area contributed by atoms with E-state index in [9.17, 15) is 4.79 Å². The van der Waals surface area contributed by atoms with Crippen molar-refractivity contribution in [3.8, 4) is 0 Å². The van der Waals surface area contributed by atoms with Crippen LogP contribution in [0.5, 0.6) is 0 Å². The molecule has 1 fully saturated rings. The number of hydrogen-bond donors (Lipinski definition) is 0. The number of aryl methyl sites for hydroxylation is 2. The number of ketones is 1. The summed E-state index contributed by atoms with van der Waals surface area (Å²) in [6, 6.07) is 4.45. The Bertz CT molecular complexity index is 457. The first-order valence-corrected chi connectivity index (χ1v) is 7.42. The second-order valence-electron chi connectivity index (χ2n) is 5.86. The van der Waals surface area contributed by atoms with Crippen LogP contribution in [0, 0.1) is 13.8 Å². The highest BCUT2D eigenvalue weighted by Crippen LogP contribution is 2.28. The molecule has 1 aliphatic heterocycles. The highest BCUT2D eigenvalue weighted by molar-refractivity contribution is 5.81. The van der Waals surface area contributed by atoms with E-state index in [4.69, 9.17) is 0 Å². The van der Waals surface area contributed by atoms with Crippen molar-refractivity contribution in [3.05, 3.63) is 28.8 Å². The van der Waals surface area contributed by atoms with E-state index in [-0.39, 0.29) is 5.78 Å². The molecule has 0 amide bonds. The minimum absolute atomic E-state index is 0.253. The minimum Gasteiger partial charge on any atom is -0.371 e. The summed E-state index contributed by atoms with van der Waals surface area (Å²) in [5, 5.41) is 0. The van der Waals surface area contributed by atoms with Gasteiger partial charge in [0.1, 0.15) is 5.78 Å². The molecule has 0 atom stereocenters. The van der Waals surface area contributed by atoms with Crippen LogP contribution in [0.3, 0.4) is 0 Å². The van der Waals surface area contributed by atoms with Gasteiger partial charge in [-0.05, 0) is 56.4 Å². The average Bonchev–Trinajstić information content (AvgIpc) is 2.60. The Morgan fingerprint density at radius 1 is 1.11 bits per heavy atom. The number of nitrogens with zero attached hydrogens (tertiary/aromatic N) is 1. The molecule has 0 spiro atoms. The van der Waals surface area contributed by atoms with Crippen LogP contribution in [0.1, 0.15) is 49.3 Å². The first kappa shape index (κ1) is 14.1. The van der Waals surface area contributed by atoms with Gasteiger partial charge in [0, 0.05) is 25.2 Å². The Morgan fingerprint density at radius 3 is 2.32 bits per heavy atom. The fraction of sp³-hybridized carbons (Fsp3) is 0.588. The zero-order valence-electron chi connectivity index (χ0n) is 12.5. The topological polar surface area (TPSA) is 20.3 Å². The predicted molar refractivity (Wildman–Crippen MR) is 81.0 cm³/mol. The van der Waals surface area contributed by atoms with Gasteiger partial charge in [-0.3, -0.25) is 4.79 Å². The molecule has 0 N–H and O–H groups in total. The lowest BCUT2D eigenvalue weighted by molar-refractivity contribution is -0.116. The van der Waals surface area contributed by atoms with Gasteiger partial charge in [-0.25, -0.2) is 0 Å². The molecule has 2 heteroatoms. The lowest BCUT2D eigenvalue weighted by Gasteiger charge is -2.27. The molecule has 0 aromatic heterocycles. The summed E-state index contributed by atoms with van der Waals surface area (Å²) in [6.07, 6.45) is 5.78. The van der Waals surface area contributed by atoms with Gasteiger partial charge in [0.2, 0.25) is 0 Å². The molecule has 0 saturated carbocycles. The Hall–Kier alpha value is -1.31. The molecular formula is C17H25NO. The first-order chi connectivity index (χ1) is 9.08. The van der Waals surface area contributed by atoms with Gasteiger partial charge in [-0.1, -0.05) is 18.9 Å². The number of rotatable bonds is 3. The summed E-state index contributed by atoms with van der Waals surface area (Å²) in [5.74, 6) is 0.253. The van der Waals surface area contributed by atoms with E-state index in [1.165, 1.54) is 48.1 Å². The van der Waals surface area contributed by atoms with E-state index in [0.29, 0.717) is 6.42 Å². The quantitative estimate of drug-likeness (QED) is 0.822. The molecule has 104 valence electrons. The Labute approximate surface area is 116 Å². The summed E-state index contributed by atoms with van der Waals surface area (Å²) in [5.41, 5.74) is 5.09. The van der Waals surface area contributed by atoms with Crippen molar-refractivity contribution in [2.24, 2.45) is 0 Å². The van der Waals surface area contributed by atoms with E-state index in [1.54, 1.807) is 6.92 Å². The van der Waals surface area contributed by atoms with Crippen molar-refractivity contribution in [2.75, 3.05) is 18.0 Å². The highest BCUT2D eigenvalue weighted by atomic mass is 16.1. The zero-order valence-corrected chi connectivity index (χ0v) is 12.5. The standard InChI is InChI=1S/C17H25NO/c1-13-10-14(2)16(12-15(3)19)17(11-13)18-8-6-4-5-7-9-18/h10-11H,4-9,12H2,1-3H3. The number of Topliss-reactive ketones (excluding diaryl/α,β-unsaturated/α-hetero) is 1. The van der Waals surface area contributed by atoms with Gasteiger partial charge in [-0.15, -0.1) is 0 Å². The van der Waals surface area contributed by atoms with Crippen LogP contribution in [-0.4, -0.2) is 18.9 Å². The Kier molecular flexibility index (Phi) is 4.62. The lowest BCUT2D eigenvalue weighted by atomic mass is 9.98. The molecule has 0 bridgehead atoms. The summed E-state index contributed by atoms with van der Waals surface area (Å²) >= 11 is 0. The molecule has 1 aromatic carbocycles. The maximum absolute atomic E-state index is 11.5. The monoisotopic (exact) mass is 259 g/mol. The van der Waals surface area contributed by atoms with Gasteiger partial charge in [0.25, 0.3) is 0 Å². The molecule has 1 heterocycles. The van der Waals surface area contributed by atoms with Crippen LogP contribution in [0.2, 0.25) is 0 Å². The number of carbonyl (C=O) groups excluding carboxylic acids is 1. The molecule has 2 rings (SSSR count). The molecule has 0 aliphatic carbocycles. The fourth-order valence-electron chi connectivity index (χ4n) is 3.05. The third-order valence-electron chi connectivity index (χ3n) is 3.97. The number of carbonyl (C=O) groups is 1. The third-order valence-corrected chi connectivity index (χ3v) is 3.97. The first-order valence-electron chi connectivity index (χ1n) is 7.42. The second kappa shape index (κ2) is 6.23. The van der Waals surface area contributed by atoms with Gasteiger partial charge >= 0.3 is 0 Å². The summed E-state index contributed by atoms with van der Waals surface area (Å²) in [6.45, 7) is 8.23. The van der Waals surface area contributed by atoms with E-state index in [0.717, 1.165) is 13.1 Å². The van der Waals surface area contributed by atoms with Crippen LogP contribution in [-0.2, 0) is 11.2 Å². The molecule has 0 unspecified atom stereocenters. The van der Waals surface area contributed by atoms with Crippen LogP contribution < -0.4 is 4.90 Å². The maximum Gasteiger partial charge on any atom is 0.134 e. The maximum atomic E-state index is 11.5. The van der Waals surface area contributed by atoms with Crippen molar-refractivity contribution in [1.29, 1.82) is 0 Å². The lowest BCUT2D eigenvalue weighted by Crippen LogP contribution is -2.26. The van der Waals surface area contributed by atoms with E-state index >= 15 is 0 Å². The van der Waals surface area contributed by atoms with Crippen molar-refractivity contribution in [3.63, 3.8) is 0 Å². The van der Waals surface area contributed by atoms with Crippen LogP contribution >= 0.6 is 0 Å². The fourth-order valence-corrected chi connectivity index (χ4v) is 3.05. The van der Waals surface area contributed by atoms with Crippen molar-refractivity contribution in [2.45, 2.75) is 52.9 Å². The third kappa shape index (κ3) is 3.59. The van der Waals surface area contributed by atoms with Gasteiger partial charge in [0.15, 0.2) is 0 Å². The predicted octanol–water partition coefficient (Wildman–Crippen LogP) is 3.82. The second-order valence-corrected chi connectivity index (χ2v) is 5.86. The van der Waals surface area contributed by atoms with Gasteiger partial charge in [-0.2, -0.15) is 0 Å². The summed E-state index contributed by atoms with van der Waals surface area (Å²) in [7, 11) is 0. The number of anilines is 1. The molecular weight excluding hydrogens is 234 g/mol. The molecule has 1 aliphatic rings. The summed E-state index contributed by atoms with van der Waals surface area (Å²) < 4.78 is 0. The molecule has 2 nitrogen and oxygen atoms in total. The minimum atomic E-state index is 0.253.